The smallest absolute Gasteiger partial charge is 0.252 e. The van der Waals surface area contributed by atoms with Crippen LogP contribution in [0.15, 0.2) is 200 Å². The largest absolute Gasteiger partial charge is 0.311 e. The molecule has 9 aromatic carbocycles. The number of nitrogens with zero attached hydrogens (tertiary/aromatic N) is 3. The van der Waals surface area contributed by atoms with Crippen LogP contribution < -0.4 is 31.1 Å². The second-order valence-corrected chi connectivity index (χ2v) is 18.6. The standard InChI is InChI=1S/C59H42BN3/c1-58(2)45-24-12-10-21-41(45)43-31-29-39(35-48(43)58)62-51-27-15-14-26-49(51)60-50-33-30-40(61(37-17-6-4-7-18-37)38-19-8-5-9-20-38)36-54(50)63-52-28-16-23-44-42-22-11-13-25-46(42)59(3,55(44)52)47-32-34-53(62)56(60)57(47)63/h4-36H,1-3H3. The summed E-state index contributed by atoms with van der Waals surface area (Å²) in [7, 11) is 0. The highest BCUT2D eigenvalue weighted by Crippen LogP contribution is 2.63. The molecule has 14 rings (SSSR count). The Balaban J connectivity index is 1.06. The molecule has 63 heavy (non-hydrogen) atoms. The molecule has 9 aromatic rings. The average Bonchev–Trinajstić information content (AvgIpc) is 3.73. The zero-order chi connectivity index (χ0) is 41.8. The van der Waals surface area contributed by atoms with Crippen molar-refractivity contribution in [3.05, 3.63) is 228 Å². The summed E-state index contributed by atoms with van der Waals surface area (Å²) in [5.41, 5.74) is 26.7. The van der Waals surface area contributed by atoms with E-state index in [0.29, 0.717) is 0 Å². The summed E-state index contributed by atoms with van der Waals surface area (Å²) < 4.78 is 0. The summed E-state index contributed by atoms with van der Waals surface area (Å²) in [6.07, 6.45) is 0. The van der Waals surface area contributed by atoms with E-state index in [-0.39, 0.29) is 17.5 Å². The number of benzene rings is 9. The maximum atomic E-state index is 2.65. The molecular formula is C59H42BN3. The Labute approximate surface area is 369 Å². The van der Waals surface area contributed by atoms with Crippen LogP contribution in [-0.4, -0.2) is 6.71 Å². The van der Waals surface area contributed by atoms with Crippen molar-refractivity contribution in [3.63, 3.8) is 0 Å². The van der Waals surface area contributed by atoms with Crippen molar-refractivity contribution in [3.8, 4) is 22.3 Å². The van der Waals surface area contributed by atoms with Crippen molar-refractivity contribution >= 4 is 74.3 Å². The number of rotatable bonds is 4. The van der Waals surface area contributed by atoms with E-state index in [2.05, 4.69) is 236 Å². The molecule has 0 saturated heterocycles. The van der Waals surface area contributed by atoms with Crippen LogP contribution in [0.3, 0.4) is 0 Å². The Kier molecular flexibility index (Phi) is 6.85. The topological polar surface area (TPSA) is 9.72 Å². The van der Waals surface area contributed by atoms with Crippen molar-refractivity contribution in [2.75, 3.05) is 14.7 Å². The Bertz CT molecular complexity index is 3390. The summed E-state index contributed by atoms with van der Waals surface area (Å²) >= 11 is 0. The van der Waals surface area contributed by atoms with E-state index in [1.807, 2.05) is 0 Å². The van der Waals surface area contributed by atoms with Crippen LogP contribution in [0, 0.1) is 0 Å². The van der Waals surface area contributed by atoms with E-state index in [1.165, 1.54) is 101 Å². The van der Waals surface area contributed by atoms with Crippen molar-refractivity contribution in [1.29, 1.82) is 0 Å². The maximum Gasteiger partial charge on any atom is 0.252 e. The molecule has 3 nitrogen and oxygen atoms in total. The summed E-state index contributed by atoms with van der Waals surface area (Å²) in [6, 6.07) is 75.2. The number of para-hydroxylation sites is 3. The third-order valence-corrected chi connectivity index (χ3v) is 15.2. The first kappa shape index (κ1) is 35.1. The van der Waals surface area contributed by atoms with Gasteiger partial charge < -0.3 is 14.7 Å². The summed E-state index contributed by atoms with van der Waals surface area (Å²) in [4.78, 5) is 7.62. The molecule has 0 amide bonds. The Hall–Kier alpha value is -7.56. The van der Waals surface area contributed by atoms with Crippen molar-refractivity contribution < 1.29 is 0 Å². The summed E-state index contributed by atoms with van der Waals surface area (Å²) in [6.45, 7) is 7.27. The van der Waals surface area contributed by atoms with Gasteiger partial charge in [-0.15, -0.1) is 0 Å². The third-order valence-electron chi connectivity index (χ3n) is 15.2. The second kappa shape index (κ2) is 12.3. The third kappa shape index (κ3) is 4.40. The maximum absolute atomic E-state index is 2.65. The first-order valence-electron chi connectivity index (χ1n) is 22.3. The van der Waals surface area contributed by atoms with Gasteiger partial charge in [0.2, 0.25) is 0 Å². The van der Waals surface area contributed by atoms with Gasteiger partial charge >= 0.3 is 0 Å². The zero-order valence-electron chi connectivity index (χ0n) is 35.5. The highest BCUT2D eigenvalue weighted by molar-refractivity contribution is 7.00. The molecule has 1 atom stereocenters. The molecule has 5 aliphatic rings. The van der Waals surface area contributed by atoms with Crippen LogP contribution in [0.2, 0.25) is 0 Å². The first-order chi connectivity index (χ1) is 30.9. The van der Waals surface area contributed by atoms with Gasteiger partial charge in [-0.05, 0) is 140 Å². The van der Waals surface area contributed by atoms with Crippen LogP contribution in [-0.2, 0) is 10.8 Å². The fourth-order valence-corrected chi connectivity index (χ4v) is 12.5. The lowest BCUT2D eigenvalue weighted by molar-refractivity contribution is 0.660. The fraction of sp³-hybridized carbons (Fsp3) is 0.0847. The quantitative estimate of drug-likeness (QED) is 0.164. The average molecular weight is 804 g/mol. The number of anilines is 9. The molecule has 0 aromatic heterocycles. The van der Waals surface area contributed by atoms with E-state index >= 15 is 0 Å². The van der Waals surface area contributed by atoms with E-state index in [9.17, 15) is 0 Å². The predicted octanol–water partition coefficient (Wildman–Crippen LogP) is 13.2. The molecule has 0 fully saturated rings. The minimum Gasteiger partial charge on any atom is -0.311 e. The van der Waals surface area contributed by atoms with Gasteiger partial charge in [-0.3, -0.25) is 0 Å². The van der Waals surface area contributed by atoms with Gasteiger partial charge in [0.05, 0.1) is 5.69 Å². The molecule has 0 bridgehead atoms. The molecule has 4 heteroatoms. The highest BCUT2D eigenvalue weighted by atomic mass is 15.2. The van der Waals surface area contributed by atoms with E-state index < -0.39 is 0 Å². The van der Waals surface area contributed by atoms with Gasteiger partial charge in [0.15, 0.2) is 0 Å². The van der Waals surface area contributed by atoms with E-state index in [1.54, 1.807) is 0 Å². The van der Waals surface area contributed by atoms with Crippen LogP contribution >= 0.6 is 0 Å². The lowest BCUT2D eigenvalue weighted by Crippen LogP contribution is -2.62. The minimum absolute atomic E-state index is 0.0182. The lowest BCUT2D eigenvalue weighted by Gasteiger charge is -2.50. The predicted molar refractivity (Wildman–Crippen MR) is 264 cm³/mol. The van der Waals surface area contributed by atoms with Crippen LogP contribution in [0.4, 0.5) is 51.2 Å². The molecule has 2 aliphatic carbocycles. The SMILES string of the molecule is CC1(C)c2ccccc2-c2ccc(N3c4ccccc4B4c5ccc(N(c6ccccc6)c6ccccc6)cc5N5c6cccc7c6C(C)(c6ccccc6-7)c6ccc3c4c65)cc21. The van der Waals surface area contributed by atoms with Gasteiger partial charge in [0, 0.05) is 56.3 Å². The zero-order valence-corrected chi connectivity index (χ0v) is 35.5. The molecule has 0 saturated carbocycles. The number of hydrogen-bond donors (Lipinski definition) is 0. The van der Waals surface area contributed by atoms with Gasteiger partial charge in [0.1, 0.15) is 0 Å². The van der Waals surface area contributed by atoms with Crippen LogP contribution in [0.25, 0.3) is 22.3 Å². The molecular weight excluding hydrogens is 761 g/mol. The Morgan fingerprint density at radius 2 is 1.02 bits per heavy atom. The monoisotopic (exact) mass is 803 g/mol. The van der Waals surface area contributed by atoms with Crippen molar-refractivity contribution in [2.24, 2.45) is 0 Å². The molecule has 3 heterocycles. The molecule has 0 N–H and O–H groups in total. The highest BCUT2D eigenvalue weighted by Gasteiger charge is 2.53. The van der Waals surface area contributed by atoms with Crippen LogP contribution in [0.1, 0.15) is 48.6 Å². The minimum atomic E-state index is -0.339. The molecule has 3 aliphatic heterocycles. The number of hydrogen-bond acceptors (Lipinski definition) is 3. The molecule has 1 unspecified atom stereocenters. The van der Waals surface area contributed by atoms with Crippen molar-refractivity contribution in [1.82, 2.24) is 0 Å². The molecule has 296 valence electrons. The lowest BCUT2D eigenvalue weighted by atomic mass is 9.33. The summed E-state index contributed by atoms with van der Waals surface area (Å²) in [5, 5.41) is 0. The summed E-state index contributed by atoms with van der Waals surface area (Å²) in [5.74, 6) is 0. The van der Waals surface area contributed by atoms with Gasteiger partial charge in [-0.1, -0.05) is 147 Å². The normalized spacial score (nSPS) is 16.9. The molecule has 0 spiro atoms. The number of fused-ring (bicyclic) bond motifs is 13. The molecule has 0 radical (unpaired) electrons. The van der Waals surface area contributed by atoms with Gasteiger partial charge in [-0.2, -0.15) is 0 Å². The van der Waals surface area contributed by atoms with E-state index in [0.717, 1.165) is 17.1 Å². The Morgan fingerprint density at radius 1 is 0.397 bits per heavy atom. The van der Waals surface area contributed by atoms with E-state index in [4.69, 9.17) is 0 Å². The fourth-order valence-electron chi connectivity index (χ4n) is 12.5. The Morgan fingerprint density at radius 3 is 1.79 bits per heavy atom. The van der Waals surface area contributed by atoms with Gasteiger partial charge in [0.25, 0.3) is 6.71 Å². The van der Waals surface area contributed by atoms with Crippen LogP contribution in [0.5, 0.6) is 0 Å². The second-order valence-electron chi connectivity index (χ2n) is 18.6. The van der Waals surface area contributed by atoms with Crippen molar-refractivity contribution in [2.45, 2.75) is 31.6 Å². The first-order valence-corrected chi connectivity index (χ1v) is 22.3. The van der Waals surface area contributed by atoms with Gasteiger partial charge in [-0.25, -0.2) is 0 Å².